The second kappa shape index (κ2) is 9.52. The monoisotopic (exact) mass is 506 g/mol. The van der Waals surface area contributed by atoms with Gasteiger partial charge >= 0.3 is 0 Å². The molecule has 4 rings (SSSR count). The van der Waals surface area contributed by atoms with Crippen molar-refractivity contribution in [2.45, 2.75) is 55.6 Å². The summed E-state index contributed by atoms with van der Waals surface area (Å²) in [5.41, 5.74) is 5.30. The van der Waals surface area contributed by atoms with Gasteiger partial charge < -0.3 is 15.5 Å². The average Bonchev–Trinajstić information content (AvgIpc) is 3.38. The molecule has 0 aromatic heterocycles. The van der Waals surface area contributed by atoms with E-state index in [9.17, 15) is 22.8 Å². The zero-order chi connectivity index (χ0) is 24.6. The van der Waals surface area contributed by atoms with Gasteiger partial charge in [0.05, 0.1) is 4.90 Å². The number of carbonyl (C=O) groups is 3. The van der Waals surface area contributed by atoms with Crippen LogP contribution in [0.2, 0.25) is 5.02 Å². The Morgan fingerprint density at radius 3 is 2.59 bits per heavy atom. The number of fused-ring (bicyclic) bond motifs is 1. The summed E-state index contributed by atoms with van der Waals surface area (Å²) in [5, 5.41) is 2.07. The molecule has 2 aromatic carbocycles. The second-order valence-corrected chi connectivity index (χ2v) is 11.0. The van der Waals surface area contributed by atoms with Gasteiger partial charge in [0.25, 0.3) is 0 Å². The van der Waals surface area contributed by atoms with Crippen LogP contribution in [-0.2, 0) is 24.4 Å². The number of nitrogens with one attached hydrogen (secondary N) is 1. The summed E-state index contributed by atoms with van der Waals surface area (Å²) in [6, 6.07) is 7.84. The molecule has 0 aliphatic carbocycles. The molecule has 11 heteroatoms. The zero-order valence-electron chi connectivity index (χ0n) is 18.7. The minimum atomic E-state index is -3.96. The van der Waals surface area contributed by atoms with Gasteiger partial charge in [0.2, 0.25) is 27.7 Å². The number of halogens is 1. The van der Waals surface area contributed by atoms with E-state index in [0.717, 1.165) is 11.8 Å². The molecule has 2 saturated heterocycles. The van der Waals surface area contributed by atoms with Gasteiger partial charge in [-0.25, -0.2) is 8.42 Å². The van der Waals surface area contributed by atoms with Gasteiger partial charge in [0.1, 0.15) is 12.1 Å². The van der Waals surface area contributed by atoms with Crippen LogP contribution < -0.4 is 10.5 Å². The van der Waals surface area contributed by atoms with Crippen molar-refractivity contribution in [3.05, 3.63) is 41.4 Å². The SMILES string of the molecule is C[C@@H](C(=O)N1CCCC1CC(N)=O)N1CC[C@H](NS(=O)(=O)c2ccc3cc(Cl)ccc3c2)C1=O. The van der Waals surface area contributed by atoms with Crippen LogP contribution in [0.1, 0.15) is 32.6 Å². The lowest BCUT2D eigenvalue weighted by Crippen LogP contribution is -2.51. The molecule has 34 heavy (non-hydrogen) atoms. The van der Waals surface area contributed by atoms with E-state index in [1.807, 2.05) is 0 Å². The van der Waals surface area contributed by atoms with E-state index in [2.05, 4.69) is 4.72 Å². The first-order chi connectivity index (χ1) is 16.1. The number of likely N-dealkylation sites (tertiary alicyclic amines) is 2. The first-order valence-electron chi connectivity index (χ1n) is 11.2. The van der Waals surface area contributed by atoms with E-state index in [-0.39, 0.29) is 36.2 Å². The Hall–Kier alpha value is -2.69. The number of nitrogens with zero attached hydrogens (tertiary/aromatic N) is 2. The maximum absolute atomic E-state index is 13.1. The fraction of sp³-hybridized carbons (Fsp3) is 0.435. The molecular weight excluding hydrogens is 480 g/mol. The van der Waals surface area contributed by atoms with E-state index in [0.29, 0.717) is 23.4 Å². The van der Waals surface area contributed by atoms with Crippen LogP contribution in [0.15, 0.2) is 41.3 Å². The average molecular weight is 507 g/mol. The minimum absolute atomic E-state index is 0.0454. The molecule has 3 atom stereocenters. The van der Waals surface area contributed by atoms with Crippen LogP contribution >= 0.6 is 11.6 Å². The van der Waals surface area contributed by atoms with Crippen molar-refractivity contribution >= 4 is 50.1 Å². The van der Waals surface area contributed by atoms with E-state index < -0.39 is 33.9 Å². The second-order valence-electron chi connectivity index (χ2n) is 8.82. The molecular formula is C23H27ClN4O5S. The van der Waals surface area contributed by atoms with Gasteiger partial charge in [-0.05, 0) is 61.2 Å². The van der Waals surface area contributed by atoms with E-state index >= 15 is 0 Å². The molecule has 2 aromatic rings. The highest BCUT2D eigenvalue weighted by Gasteiger charge is 2.41. The van der Waals surface area contributed by atoms with Crippen LogP contribution in [0.5, 0.6) is 0 Å². The molecule has 182 valence electrons. The normalized spacial score (nSPS) is 21.9. The highest BCUT2D eigenvalue weighted by atomic mass is 35.5. The van der Waals surface area contributed by atoms with Crippen LogP contribution in [-0.4, -0.2) is 67.2 Å². The number of benzene rings is 2. The Kier molecular flexibility index (Phi) is 6.84. The summed E-state index contributed by atoms with van der Waals surface area (Å²) >= 11 is 5.99. The van der Waals surface area contributed by atoms with Gasteiger partial charge in [-0.3, -0.25) is 14.4 Å². The Morgan fingerprint density at radius 2 is 1.85 bits per heavy atom. The number of rotatable bonds is 7. The van der Waals surface area contributed by atoms with Crippen molar-refractivity contribution in [2.75, 3.05) is 13.1 Å². The maximum atomic E-state index is 13.1. The molecule has 2 aliphatic heterocycles. The number of carbonyl (C=O) groups excluding carboxylic acids is 3. The smallest absolute Gasteiger partial charge is 0.245 e. The molecule has 1 unspecified atom stereocenters. The molecule has 9 nitrogen and oxygen atoms in total. The lowest BCUT2D eigenvalue weighted by Gasteiger charge is -2.31. The van der Waals surface area contributed by atoms with Crippen molar-refractivity contribution in [3.63, 3.8) is 0 Å². The van der Waals surface area contributed by atoms with Gasteiger partial charge in [0, 0.05) is 30.6 Å². The highest BCUT2D eigenvalue weighted by molar-refractivity contribution is 7.89. The van der Waals surface area contributed by atoms with Crippen LogP contribution in [0.3, 0.4) is 0 Å². The lowest BCUT2D eigenvalue weighted by molar-refractivity contribution is -0.144. The van der Waals surface area contributed by atoms with Crippen molar-refractivity contribution in [2.24, 2.45) is 5.73 Å². The first kappa shape index (κ1) is 24.4. The number of amides is 3. The quantitative estimate of drug-likeness (QED) is 0.589. The lowest BCUT2D eigenvalue weighted by atomic mass is 10.1. The molecule has 0 spiro atoms. The topological polar surface area (TPSA) is 130 Å². The first-order valence-corrected chi connectivity index (χ1v) is 13.0. The maximum Gasteiger partial charge on any atom is 0.245 e. The van der Waals surface area contributed by atoms with Gasteiger partial charge in [0.15, 0.2) is 0 Å². The Morgan fingerprint density at radius 1 is 1.15 bits per heavy atom. The van der Waals surface area contributed by atoms with Gasteiger partial charge in [-0.2, -0.15) is 4.72 Å². The van der Waals surface area contributed by atoms with Crippen LogP contribution in [0.4, 0.5) is 0 Å². The predicted molar refractivity (Wildman–Crippen MR) is 127 cm³/mol. The summed E-state index contributed by atoms with van der Waals surface area (Å²) < 4.78 is 28.5. The molecule has 0 bridgehead atoms. The largest absolute Gasteiger partial charge is 0.370 e. The molecule has 3 N–H and O–H groups in total. The summed E-state index contributed by atoms with van der Waals surface area (Å²) in [6.45, 7) is 2.39. The fourth-order valence-corrected chi connectivity index (χ4v) is 6.20. The molecule has 2 heterocycles. The predicted octanol–water partition coefficient (Wildman–Crippen LogP) is 1.63. The molecule has 0 radical (unpaired) electrons. The number of hydrogen-bond donors (Lipinski definition) is 2. The number of nitrogens with two attached hydrogens (primary N) is 1. The van der Waals surface area contributed by atoms with Crippen LogP contribution in [0.25, 0.3) is 10.8 Å². The zero-order valence-corrected chi connectivity index (χ0v) is 20.3. The van der Waals surface area contributed by atoms with Crippen molar-refractivity contribution in [1.82, 2.24) is 14.5 Å². The molecule has 3 amide bonds. The van der Waals surface area contributed by atoms with Crippen LogP contribution in [0, 0.1) is 0 Å². The fourth-order valence-electron chi connectivity index (χ4n) is 4.76. The summed E-state index contributed by atoms with van der Waals surface area (Å²) in [6.07, 6.45) is 1.80. The summed E-state index contributed by atoms with van der Waals surface area (Å²) in [7, 11) is -3.96. The molecule has 2 aliphatic rings. The highest BCUT2D eigenvalue weighted by Crippen LogP contribution is 2.26. The third-order valence-corrected chi connectivity index (χ3v) is 8.25. The molecule has 0 saturated carbocycles. The third-order valence-electron chi connectivity index (χ3n) is 6.54. The van der Waals surface area contributed by atoms with Gasteiger partial charge in [-0.15, -0.1) is 0 Å². The third kappa shape index (κ3) is 4.89. The van der Waals surface area contributed by atoms with E-state index in [4.69, 9.17) is 17.3 Å². The van der Waals surface area contributed by atoms with Crippen molar-refractivity contribution in [3.8, 4) is 0 Å². The van der Waals surface area contributed by atoms with Crippen molar-refractivity contribution in [1.29, 1.82) is 0 Å². The summed E-state index contributed by atoms with van der Waals surface area (Å²) in [5.74, 6) is -1.17. The standard InChI is InChI=1S/C23H27ClN4O5S/c1-14(22(30)28-9-2-3-18(28)13-21(25)29)27-10-8-20(23(27)31)26-34(32,33)19-7-5-15-11-17(24)6-4-16(15)12-19/h4-7,11-12,14,18,20,26H,2-3,8-10,13H2,1H3,(H2,25,29)/t14-,18?,20-/m0/s1. The van der Waals surface area contributed by atoms with Gasteiger partial charge in [-0.1, -0.05) is 23.7 Å². The van der Waals surface area contributed by atoms with Crippen molar-refractivity contribution < 1.29 is 22.8 Å². The minimum Gasteiger partial charge on any atom is -0.370 e. The van der Waals surface area contributed by atoms with E-state index in [1.54, 1.807) is 36.1 Å². The molecule has 2 fully saturated rings. The number of sulfonamides is 1. The number of hydrogen-bond acceptors (Lipinski definition) is 5. The Bertz CT molecular complexity index is 1250. The number of primary amides is 1. The summed E-state index contributed by atoms with van der Waals surface area (Å²) in [4.78, 5) is 40.5. The Labute approximate surface area is 203 Å². The Balaban J connectivity index is 1.45. The van der Waals surface area contributed by atoms with E-state index in [1.165, 1.54) is 17.0 Å².